The molecule has 6 nitrogen and oxygen atoms in total. The molecule has 7 heteroatoms. The molecule has 2 aliphatic heterocycles. The van der Waals surface area contributed by atoms with Crippen LogP contribution in [0.2, 0.25) is 0 Å². The first-order valence-electron chi connectivity index (χ1n) is 10.7. The first-order chi connectivity index (χ1) is 14.8. The number of esters is 1. The lowest BCUT2D eigenvalue weighted by molar-refractivity contribution is -0.172. The summed E-state index contributed by atoms with van der Waals surface area (Å²) >= 11 is 0. The quantitative estimate of drug-likeness (QED) is 0.479. The van der Waals surface area contributed by atoms with E-state index in [-0.39, 0.29) is 24.4 Å². The number of pyridine rings is 2. The van der Waals surface area contributed by atoms with E-state index in [2.05, 4.69) is 0 Å². The van der Waals surface area contributed by atoms with E-state index in [1.54, 1.807) is 17.6 Å². The Kier molecular flexibility index (Phi) is 3.62. The van der Waals surface area contributed by atoms with Gasteiger partial charge in [0.1, 0.15) is 12.4 Å². The second-order valence-corrected chi connectivity index (χ2v) is 8.73. The van der Waals surface area contributed by atoms with Crippen molar-refractivity contribution in [2.45, 2.75) is 58.3 Å². The second-order valence-electron chi connectivity index (χ2n) is 8.73. The average molecular weight is 420 g/mol. The van der Waals surface area contributed by atoms with E-state index in [1.165, 1.54) is 6.07 Å². The molecule has 0 spiro atoms. The zero-order chi connectivity index (χ0) is 21.7. The standard InChI is InChI=1S/C24H21FN2O4/c1-3-24(30)16-7-19-21-14(9-27(19)22(28)15(16)10-31-23(24)29)13-6-4-5-12-11(2)17(25)8-18(26-21)20(12)13/h7-8,30H,3-6,9-10H2,1-2H3/t24-/m1/s1. The minimum absolute atomic E-state index is 0.0961. The van der Waals surface area contributed by atoms with Gasteiger partial charge in [-0.25, -0.2) is 14.2 Å². The third kappa shape index (κ3) is 2.22. The normalized spacial score (nSPS) is 21.0. The van der Waals surface area contributed by atoms with Crippen molar-refractivity contribution in [3.63, 3.8) is 0 Å². The van der Waals surface area contributed by atoms with Crippen LogP contribution >= 0.6 is 0 Å². The molecule has 0 radical (unpaired) electrons. The molecule has 158 valence electrons. The topological polar surface area (TPSA) is 81.4 Å². The van der Waals surface area contributed by atoms with Gasteiger partial charge in [0.05, 0.1) is 29.0 Å². The van der Waals surface area contributed by atoms with Gasteiger partial charge in [-0.2, -0.15) is 0 Å². The van der Waals surface area contributed by atoms with Crippen LogP contribution in [0.4, 0.5) is 4.39 Å². The number of ether oxygens (including phenoxy) is 1. The van der Waals surface area contributed by atoms with Gasteiger partial charge in [0, 0.05) is 22.6 Å². The van der Waals surface area contributed by atoms with E-state index in [0.717, 1.165) is 41.3 Å². The monoisotopic (exact) mass is 420 g/mol. The molecule has 0 unspecified atom stereocenters. The average Bonchev–Trinajstić information content (AvgIpc) is 3.14. The van der Waals surface area contributed by atoms with Crippen LogP contribution in [0.15, 0.2) is 16.9 Å². The Bertz CT molecular complexity index is 1410. The predicted octanol–water partition coefficient (Wildman–Crippen LogP) is 3.02. The molecule has 2 aromatic heterocycles. The number of rotatable bonds is 1. The number of hydrogen-bond donors (Lipinski definition) is 1. The molecular weight excluding hydrogens is 399 g/mol. The van der Waals surface area contributed by atoms with Crippen molar-refractivity contribution in [2.75, 3.05) is 0 Å². The van der Waals surface area contributed by atoms with Crippen molar-refractivity contribution >= 4 is 16.9 Å². The minimum atomic E-state index is -1.85. The maximum Gasteiger partial charge on any atom is 0.343 e. The highest BCUT2D eigenvalue weighted by atomic mass is 19.1. The Morgan fingerprint density at radius 2 is 1.97 bits per heavy atom. The summed E-state index contributed by atoms with van der Waals surface area (Å²) in [4.78, 5) is 30.4. The van der Waals surface area contributed by atoms with Crippen LogP contribution in [0.1, 0.15) is 53.1 Å². The number of hydrogen-bond acceptors (Lipinski definition) is 5. The summed E-state index contributed by atoms with van der Waals surface area (Å²) in [6.07, 6.45) is 2.68. The zero-order valence-electron chi connectivity index (χ0n) is 17.3. The molecule has 0 saturated heterocycles. The number of aliphatic hydroxyl groups is 1. The number of fused-ring (bicyclic) bond motifs is 5. The van der Waals surface area contributed by atoms with E-state index < -0.39 is 11.6 Å². The number of aromatic nitrogens is 2. The third-order valence-corrected chi connectivity index (χ3v) is 7.27. The first-order valence-corrected chi connectivity index (χ1v) is 10.7. The third-order valence-electron chi connectivity index (χ3n) is 7.27. The molecule has 0 saturated carbocycles. The molecule has 6 rings (SSSR count). The molecule has 31 heavy (non-hydrogen) atoms. The van der Waals surface area contributed by atoms with Crippen molar-refractivity contribution in [1.29, 1.82) is 0 Å². The fourth-order valence-electron chi connectivity index (χ4n) is 5.52. The lowest BCUT2D eigenvalue weighted by Crippen LogP contribution is -2.44. The predicted molar refractivity (Wildman–Crippen MR) is 111 cm³/mol. The van der Waals surface area contributed by atoms with Crippen LogP contribution in [-0.2, 0) is 41.1 Å². The van der Waals surface area contributed by atoms with Crippen molar-refractivity contribution in [2.24, 2.45) is 0 Å². The Morgan fingerprint density at radius 3 is 2.74 bits per heavy atom. The number of aryl methyl sites for hydroxylation is 2. The molecule has 1 aromatic carbocycles. The summed E-state index contributed by atoms with van der Waals surface area (Å²) in [5.74, 6) is -1.01. The Morgan fingerprint density at radius 1 is 1.19 bits per heavy atom. The molecule has 0 amide bonds. The molecule has 3 aromatic rings. The van der Waals surface area contributed by atoms with E-state index in [9.17, 15) is 19.1 Å². The van der Waals surface area contributed by atoms with E-state index >= 15 is 0 Å². The smallest absolute Gasteiger partial charge is 0.343 e. The largest absolute Gasteiger partial charge is 0.458 e. The van der Waals surface area contributed by atoms with E-state index in [1.807, 2.05) is 6.92 Å². The molecule has 0 bridgehead atoms. The van der Waals surface area contributed by atoms with Gasteiger partial charge in [-0.1, -0.05) is 6.92 Å². The maximum atomic E-state index is 14.6. The van der Waals surface area contributed by atoms with Gasteiger partial charge in [-0.3, -0.25) is 4.79 Å². The Labute approximate surface area is 177 Å². The lowest BCUT2D eigenvalue weighted by atomic mass is 9.84. The Hall–Kier alpha value is -3.06. The number of halogens is 1. The fraction of sp³-hybridized carbons (Fsp3) is 0.375. The van der Waals surface area contributed by atoms with Gasteiger partial charge < -0.3 is 14.4 Å². The summed E-state index contributed by atoms with van der Waals surface area (Å²) < 4.78 is 21.4. The van der Waals surface area contributed by atoms with Crippen molar-refractivity contribution in [3.8, 4) is 11.4 Å². The van der Waals surface area contributed by atoms with Crippen LogP contribution in [0, 0.1) is 12.7 Å². The molecular formula is C24H21FN2O4. The highest BCUT2D eigenvalue weighted by molar-refractivity contribution is 5.92. The zero-order valence-corrected chi connectivity index (χ0v) is 17.3. The number of carbonyl (C=O) groups excluding carboxylic acids is 1. The molecule has 1 aliphatic carbocycles. The van der Waals surface area contributed by atoms with Gasteiger partial charge in [0.2, 0.25) is 0 Å². The maximum absolute atomic E-state index is 14.6. The van der Waals surface area contributed by atoms with Gasteiger partial charge >= 0.3 is 5.97 Å². The van der Waals surface area contributed by atoms with Gasteiger partial charge in [-0.15, -0.1) is 0 Å². The minimum Gasteiger partial charge on any atom is -0.458 e. The molecule has 1 N–H and O–H groups in total. The molecule has 3 aliphatic rings. The highest BCUT2D eigenvalue weighted by Gasteiger charge is 2.45. The Balaban J connectivity index is 1.68. The van der Waals surface area contributed by atoms with Crippen molar-refractivity contribution in [1.82, 2.24) is 9.55 Å². The van der Waals surface area contributed by atoms with Gasteiger partial charge in [-0.05, 0) is 55.4 Å². The van der Waals surface area contributed by atoms with Crippen LogP contribution < -0.4 is 5.56 Å². The second kappa shape index (κ2) is 6.01. The fourth-order valence-corrected chi connectivity index (χ4v) is 5.52. The van der Waals surface area contributed by atoms with Crippen LogP contribution in [0.5, 0.6) is 0 Å². The summed E-state index contributed by atoms with van der Waals surface area (Å²) in [5, 5.41) is 12.0. The van der Waals surface area contributed by atoms with Crippen LogP contribution in [0.3, 0.4) is 0 Å². The first kappa shape index (κ1) is 18.7. The van der Waals surface area contributed by atoms with E-state index in [0.29, 0.717) is 40.1 Å². The SMILES string of the molecule is CC[C@]1(O)C(=O)OCc2c1cc1n(c2=O)Cc2c-1nc1cc(F)c(C)c3c1c2CCC3. The highest BCUT2D eigenvalue weighted by Crippen LogP contribution is 2.43. The molecule has 4 heterocycles. The van der Waals surface area contributed by atoms with Crippen LogP contribution in [0.25, 0.3) is 22.3 Å². The van der Waals surface area contributed by atoms with E-state index in [4.69, 9.17) is 9.72 Å². The van der Waals surface area contributed by atoms with Crippen molar-refractivity contribution in [3.05, 3.63) is 61.7 Å². The lowest BCUT2D eigenvalue weighted by Gasteiger charge is -2.31. The molecule has 0 fully saturated rings. The van der Waals surface area contributed by atoms with Gasteiger partial charge in [0.25, 0.3) is 5.56 Å². The number of carbonyl (C=O) groups is 1. The molecule has 1 atom stereocenters. The number of cyclic esters (lactones) is 1. The summed E-state index contributed by atoms with van der Waals surface area (Å²) in [6, 6.07) is 3.18. The number of benzene rings is 1. The van der Waals surface area contributed by atoms with Crippen LogP contribution in [-0.4, -0.2) is 20.6 Å². The van der Waals surface area contributed by atoms with Crippen molar-refractivity contribution < 1.29 is 19.0 Å². The number of nitrogens with zero attached hydrogens (tertiary/aromatic N) is 2. The van der Waals surface area contributed by atoms with Gasteiger partial charge in [0.15, 0.2) is 5.60 Å². The summed E-state index contributed by atoms with van der Waals surface area (Å²) in [5.41, 5.74) is 4.04. The summed E-state index contributed by atoms with van der Waals surface area (Å²) in [7, 11) is 0. The summed E-state index contributed by atoms with van der Waals surface area (Å²) in [6.45, 7) is 3.71.